The third-order valence-electron chi connectivity index (χ3n) is 3.18. The van der Waals surface area contributed by atoms with Crippen LogP contribution in [0.5, 0.6) is 0 Å². The van der Waals surface area contributed by atoms with Gasteiger partial charge in [-0.2, -0.15) is 0 Å². The Morgan fingerprint density at radius 1 is 1.13 bits per heavy atom. The Morgan fingerprint density at radius 3 is 2.30 bits per heavy atom. The minimum absolute atomic E-state index is 0.225. The van der Waals surface area contributed by atoms with Crippen LogP contribution >= 0.6 is 11.6 Å². The summed E-state index contributed by atoms with van der Waals surface area (Å²) in [4.78, 5) is 10.8. The van der Waals surface area contributed by atoms with E-state index in [2.05, 4.69) is 0 Å². The molecule has 0 radical (unpaired) electrons. The van der Waals surface area contributed by atoms with Crippen molar-refractivity contribution >= 4 is 27.4 Å². The van der Waals surface area contributed by atoms with Gasteiger partial charge in [-0.3, -0.25) is 4.79 Å². The highest BCUT2D eigenvalue weighted by molar-refractivity contribution is 7.91. The van der Waals surface area contributed by atoms with E-state index in [1.165, 1.54) is 24.3 Å². The lowest BCUT2D eigenvalue weighted by Gasteiger charge is -2.17. The van der Waals surface area contributed by atoms with Crippen LogP contribution in [-0.4, -0.2) is 19.5 Å². The molecule has 0 fully saturated rings. The van der Waals surface area contributed by atoms with Crippen LogP contribution in [-0.2, 0) is 14.6 Å². The molecule has 1 unspecified atom stereocenters. The average molecular weight is 361 g/mol. The van der Waals surface area contributed by atoms with Crippen molar-refractivity contribution in [2.75, 3.05) is 0 Å². The van der Waals surface area contributed by atoms with E-state index in [4.69, 9.17) is 16.7 Å². The van der Waals surface area contributed by atoms with Gasteiger partial charge < -0.3 is 5.11 Å². The van der Waals surface area contributed by atoms with Crippen LogP contribution in [0.1, 0.15) is 17.2 Å². The summed E-state index contributed by atoms with van der Waals surface area (Å²) in [6, 6.07) is 7.27. The molecule has 1 N–H and O–H groups in total. The molecule has 0 aliphatic heterocycles. The van der Waals surface area contributed by atoms with Gasteiger partial charge in [-0.05, 0) is 42.5 Å². The number of halogens is 3. The smallest absolute Gasteiger partial charge is 0.305 e. The molecule has 4 nitrogen and oxygen atoms in total. The van der Waals surface area contributed by atoms with Gasteiger partial charge in [-0.15, -0.1) is 0 Å². The molecule has 0 aromatic heterocycles. The quantitative estimate of drug-likeness (QED) is 0.884. The van der Waals surface area contributed by atoms with Gasteiger partial charge in [0.25, 0.3) is 0 Å². The normalized spacial score (nSPS) is 12.8. The molecule has 0 saturated heterocycles. The molecule has 122 valence electrons. The first kappa shape index (κ1) is 17.4. The van der Waals surface area contributed by atoms with Crippen LogP contribution in [0.25, 0.3) is 0 Å². The zero-order valence-corrected chi connectivity index (χ0v) is 13.1. The highest BCUT2D eigenvalue weighted by Crippen LogP contribution is 2.34. The van der Waals surface area contributed by atoms with Crippen LogP contribution in [0, 0.1) is 11.6 Å². The maximum Gasteiger partial charge on any atom is 0.305 e. The van der Waals surface area contributed by atoms with Crippen molar-refractivity contribution in [3.05, 3.63) is 64.7 Å². The van der Waals surface area contributed by atoms with Crippen molar-refractivity contribution in [3.63, 3.8) is 0 Å². The highest BCUT2D eigenvalue weighted by atomic mass is 35.5. The Kier molecular flexibility index (Phi) is 5.01. The zero-order valence-electron chi connectivity index (χ0n) is 11.5. The molecule has 2 aromatic rings. The summed E-state index contributed by atoms with van der Waals surface area (Å²) in [6.07, 6.45) is -0.897. The maximum absolute atomic E-state index is 13.9. The lowest BCUT2D eigenvalue weighted by atomic mass is 10.1. The molecule has 0 spiro atoms. The van der Waals surface area contributed by atoms with Gasteiger partial charge in [0, 0.05) is 10.6 Å². The van der Waals surface area contributed by atoms with Crippen LogP contribution in [0.15, 0.2) is 47.4 Å². The molecule has 0 heterocycles. The number of hydrogen-bond acceptors (Lipinski definition) is 3. The number of hydrogen-bond donors (Lipinski definition) is 1. The molecule has 0 amide bonds. The zero-order chi connectivity index (χ0) is 17.2. The van der Waals surface area contributed by atoms with Gasteiger partial charge >= 0.3 is 5.97 Å². The van der Waals surface area contributed by atoms with Crippen molar-refractivity contribution < 1.29 is 27.1 Å². The molecule has 2 rings (SSSR count). The van der Waals surface area contributed by atoms with Crippen LogP contribution in [0.3, 0.4) is 0 Å². The molecule has 0 aliphatic carbocycles. The average Bonchev–Trinajstić information content (AvgIpc) is 2.47. The van der Waals surface area contributed by atoms with Crippen molar-refractivity contribution in [1.29, 1.82) is 0 Å². The molecule has 23 heavy (non-hydrogen) atoms. The molecule has 0 saturated carbocycles. The van der Waals surface area contributed by atoms with Gasteiger partial charge in [-0.1, -0.05) is 11.6 Å². The van der Waals surface area contributed by atoms with Crippen molar-refractivity contribution in [1.82, 2.24) is 0 Å². The van der Waals surface area contributed by atoms with Crippen LogP contribution in [0.4, 0.5) is 8.78 Å². The standard InChI is InChI=1S/C15H11ClF2O4S/c16-9-1-4-11(5-2-9)23(21,22)14(8-15(19)20)12-7-10(17)3-6-13(12)18/h1-7,14H,8H2,(H,19,20). The molecule has 2 aromatic carbocycles. The largest absolute Gasteiger partial charge is 0.481 e. The fourth-order valence-corrected chi connectivity index (χ4v) is 3.94. The first-order valence-electron chi connectivity index (χ1n) is 6.38. The molecule has 1 atom stereocenters. The Balaban J connectivity index is 2.60. The van der Waals surface area contributed by atoms with Crippen molar-refractivity contribution in [2.24, 2.45) is 0 Å². The SMILES string of the molecule is O=C(O)CC(c1cc(F)ccc1F)S(=O)(=O)c1ccc(Cl)cc1. The molecular formula is C15H11ClF2O4S. The fraction of sp³-hybridized carbons (Fsp3) is 0.133. The second-order valence-electron chi connectivity index (χ2n) is 4.75. The van der Waals surface area contributed by atoms with Crippen LogP contribution < -0.4 is 0 Å². The van der Waals surface area contributed by atoms with E-state index in [0.717, 1.165) is 12.1 Å². The van der Waals surface area contributed by atoms with Crippen LogP contribution in [0.2, 0.25) is 5.02 Å². The Bertz CT molecular complexity index is 835. The third-order valence-corrected chi connectivity index (χ3v) is 5.53. The number of rotatable bonds is 5. The predicted molar refractivity (Wildman–Crippen MR) is 80.0 cm³/mol. The van der Waals surface area contributed by atoms with E-state index in [9.17, 15) is 22.0 Å². The summed E-state index contributed by atoms with van der Waals surface area (Å²) in [5.74, 6) is -3.30. The number of benzene rings is 2. The monoisotopic (exact) mass is 360 g/mol. The molecule has 8 heteroatoms. The summed E-state index contributed by atoms with van der Waals surface area (Å²) < 4.78 is 52.6. The first-order valence-corrected chi connectivity index (χ1v) is 8.30. The van der Waals surface area contributed by atoms with E-state index in [0.29, 0.717) is 6.07 Å². The van der Waals surface area contributed by atoms with Crippen molar-refractivity contribution in [3.8, 4) is 0 Å². The highest BCUT2D eigenvalue weighted by Gasteiger charge is 2.33. The second kappa shape index (κ2) is 6.64. The molecular weight excluding hydrogens is 350 g/mol. The number of carboxylic acid groups (broad SMARTS) is 1. The van der Waals surface area contributed by atoms with Crippen molar-refractivity contribution in [2.45, 2.75) is 16.6 Å². The number of carboxylic acids is 1. The Morgan fingerprint density at radius 2 is 1.74 bits per heavy atom. The maximum atomic E-state index is 13.9. The minimum atomic E-state index is -4.25. The topological polar surface area (TPSA) is 71.4 Å². The second-order valence-corrected chi connectivity index (χ2v) is 7.32. The number of sulfone groups is 1. The number of carbonyl (C=O) groups is 1. The van der Waals surface area contributed by atoms with E-state index in [1.54, 1.807) is 0 Å². The summed E-state index contributed by atoms with van der Waals surface area (Å²) in [5, 5.41) is 7.49. The number of aliphatic carboxylic acids is 1. The molecule has 0 aliphatic rings. The summed E-state index contributed by atoms with van der Waals surface area (Å²) in [7, 11) is -4.25. The molecule has 0 bridgehead atoms. The van der Waals surface area contributed by atoms with Gasteiger partial charge in [0.15, 0.2) is 9.84 Å². The van der Waals surface area contributed by atoms with E-state index < -0.39 is 44.7 Å². The minimum Gasteiger partial charge on any atom is -0.481 e. The predicted octanol–water partition coefficient (Wildman–Crippen LogP) is 3.61. The summed E-state index contributed by atoms with van der Waals surface area (Å²) in [5.41, 5.74) is -0.526. The first-order chi connectivity index (χ1) is 10.7. The lowest BCUT2D eigenvalue weighted by Crippen LogP contribution is -2.19. The lowest BCUT2D eigenvalue weighted by molar-refractivity contribution is -0.137. The van der Waals surface area contributed by atoms with Gasteiger partial charge in [0.1, 0.15) is 16.9 Å². The Hall–Kier alpha value is -1.99. The third kappa shape index (κ3) is 3.86. The summed E-state index contributed by atoms with van der Waals surface area (Å²) in [6.45, 7) is 0. The van der Waals surface area contributed by atoms with E-state index in [1.807, 2.05) is 0 Å². The van der Waals surface area contributed by atoms with E-state index >= 15 is 0 Å². The summed E-state index contributed by atoms with van der Waals surface area (Å²) >= 11 is 5.69. The van der Waals surface area contributed by atoms with Gasteiger partial charge in [-0.25, -0.2) is 17.2 Å². The Labute approximate surface area is 136 Å². The fourth-order valence-electron chi connectivity index (χ4n) is 2.10. The van der Waals surface area contributed by atoms with Gasteiger partial charge in [0.2, 0.25) is 0 Å². The van der Waals surface area contributed by atoms with E-state index in [-0.39, 0.29) is 9.92 Å². The van der Waals surface area contributed by atoms with Gasteiger partial charge in [0.05, 0.1) is 11.3 Å².